The highest BCUT2D eigenvalue weighted by atomic mass is 35.5. The van der Waals surface area contributed by atoms with Gasteiger partial charge in [-0.2, -0.15) is 0 Å². The number of nitrogens with one attached hydrogen (secondary N) is 2. The summed E-state index contributed by atoms with van der Waals surface area (Å²) in [5.74, 6) is -0.706. The van der Waals surface area contributed by atoms with E-state index in [4.69, 9.17) is 21.1 Å². The highest BCUT2D eigenvalue weighted by Crippen LogP contribution is 2.37. The molecule has 0 atom stereocenters. The second-order valence-corrected chi connectivity index (χ2v) is 8.82. The number of amides is 1. The molecule has 3 N–H and O–H groups in total. The van der Waals surface area contributed by atoms with E-state index in [0.29, 0.717) is 22.3 Å². The van der Waals surface area contributed by atoms with E-state index in [1.165, 1.54) is 5.56 Å². The maximum Gasteiger partial charge on any atom is 0.320 e. The third kappa shape index (κ3) is 5.90. The lowest BCUT2D eigenvalue weighted by molar-refractivity contribution is -0.138. The van der Waals surface area contributed by atoms with Gasteiger partial charge in [-0.1, -0.05) is 34.9 Å². The average Bonchev–Trinajstić information content (AvgIpc) is 3.26. The van der Waals surface area contributed by atoms with Gasteiger partial charge in [-0.3, -0.25) is 9.59 Å². The van der Waals surface area contributed by atoms with Gasteiger partial charge in [0, 0.05) is 12.1 Å². The third-order valence-corrected chi connectivity index (χ3v) is 6.26. The predicted molar refractivity (Wildman–Crippen MR) is 125 cm³/mol. The molecule has 1 fully saturated rings. The largest absolute Gasteiger partial charge is 0.481 e. The maximum absolute atomic E-state index is 12.5. The first-order valence-corrected chi connectivity index (χ1v) is 11.2. The molecule has 1 saturated carbocycles. The molecule has 0 spiro atoms. The van der Waals surface area contributed by atoms with Crippen LogP contribution in [0, 0.1) is 12.8 Å². The molecule has 1 heterocycles. The molecule has 1 amide bonds. The summed E-state index contributed by atoms with van der Waals surface area (Å²) in [5.41, 5.74) is 3.44. The van der Waals surface area contributed by atoms with Gasteiger partial charge in [0.2, 0.25) is 0 Å². The number of aromatic nitrogens is 2. The molecule has 0 radical (unpaired) electrons. The van der Waals surface area contributed by atoms with E-state index >= 15 is 0 Å². The molecular weight excluding hydrogens is 444 g/mol. The van der Waals surface area contributed by atoms with Crippen molar-refractivity contribution in [3.8, 4) is 0 Å². The van der Waals surface area contributed by atoms with E-state index in [1.54, 1.807) is 6.07 Å². The molecule has 2 aromatic carbocycles. The van der Waals surface area contributed by atoms with Gasteiger partial charge in [0.1, 0.15) is 0 Å². The molecule has 0 unspecified atom stereocenters. The average molecular weight is 469 g/mol. The quantitative estimate of drug-likeness (QED) is 0.402. The van der Waals surface area contributed by atoms with Crippen LogP contribution in [0.15, 0.2) is 46.9 Å². The van der Waals surface area contributed by atoms with Crippen LogP contribution in [-0.4, -0.2) is 27.2 Å². The smallest absolute Gasteiger partial charge is 0.320 e. The summed E-state index contributed by atoms with van der Waals surface area (Å²) in [6.45, 7) is 1.93. The summed E-state index contributed by atoms with van der Waals surface area (Å²) in [6.07, 6.45) is 4.06. The number of anilines is 3. The second kappa shape index (κ2) is 10.0. The molecule has 8 nitrogen and oxygen atoms in total. The fourth-order valence-corrected chi connectivity index (χ4v) is 4.35. The van der Waals surface area contributed by atoms with Gasteiger partial charge in [-0.15, -0.1) is 5.10 Å². The van der Waals surface area contributed by atoms with Crippen LogP contribution in [0.5, 0.6) is 0 Å². The fraction of sp³-hybridized carbons (Fsp3) is 0.333. The highest BCUT2D eigenvalue weighted by Gasteiger charge is 2.24. The first-order chi connectivity index (χ1) is 15.9. The van der Waals surface area contributed by atoms with Crippen molar-refractivity contribution in [1.82, 2.24) is 10.2 Å². The van der Waals surface area contributed by atoms with E-state index in [0.717, 1.165) is 31.2 Å². The van der Waals surface area contributed by atoms with Gasteiger partial charge in [0.15, 0.2) is 0 Å². The first-order valence-electron chi connectivity index (χ1n) is 10.9. The zero-order chi connectivity index (χ0) is 23.4. The molecule has 0 bridgehead atoms. The van der Waals surface area contributed by atoms with Crippen molar-refractivity contribution in [3.05, 3.63) is 64.5 Å². The van der Waals surface area contributed by atoms with Gasteiger partial charge in [0.05, 0.1) is 10.7 Å². The number of aryl methyl sites for hydroxylation is 1. The number of hydrogen-bond donors (Lipinski definition) is 3. The minimum Gasteiger partial charge on any atom is -0.481 e. The number of halogens is 1. The van der Waals surface area contributed by atoms with Gasteiger partial charge in [-0.25, -0.2) is 0 Å². The Morgan fingerprint density at radius 1 is 1.09 bits per heavy atom. The highest BCUT2D eigenvalue weighted by molar-refractivity contribution is 6.33. The topological polar surface area (TPSA) is 117 Å². The molecule has 1 aromatic heterocycles. The molecule has 9 heteroatoms. The van der Waals surface area contributed by atoms with Crippen LogP contribution in [0.25, 0.3) is 0 Å². The Kier molecular flexibility index (Phi) is 6.93. The van der Waals surface area contributed by atoms with E-state index in [9.17, 15) is 9.59 Å². The van der Waals surface area contributed by atoms with E-state index in [-0.39, 0.29) is 24.2 Å². The summed E-state index contributed by atoms with van der Waals surface area (Å²) < 4.78 is 5.43. The Labute approximate surface area is 196 Å². The number of aliphatic carboxylic acids is 1. The first kappa shape index (κ1) is 22.8. The Bertz CT molecular complexity index is 1140. The number of carbonyl (C=O) groups is 2. The Hall–Kier alpha value is -3.39. The molecule has 4 rings (SSSR count). The van der Waals surface area contributed by atoms with E-state index in [1.807, 2.05) is 43.3 Å². The summed E-state index contributed by atoms with van der Waals surface area (Å²) in [6, 6.07) is 13.2. The van der Waals surface area contributed by atoms with Gasteiger partial charge in [-0.05, 0) is 79.8 Å². The lowest BCUT2D eigenvalue weighted by Gasteiger charge is -2.28. The van der Waals surface area contributed by atoms with Gasteiger partial charge in [0.25, 0.3) is 0 Å². The molecular formula is C24H25ClN4O4. The number of carbonyl (C=O) groups excluding carboxylic acids is 1. The number of hydrogen-bond acceptors (Lipinski definition) is 6. The summed E-state index contributed by atoms with van der Waals surface area (Å²) >= 11 is 6.16. The lowest BCUT2D eigenvalue weighted by Crippen LogP contribution is -2.16. The van der Waals surface area contributed by atoms with Crippen LogP contribution in [-0.2, 0) is 4.79 Å². The monoisotopic (exact) mass is 468 g/mol. The normalized spacial score (nSPS) is 18.0. The molecule has 1 aliphatic rings. The van der Waals surface area contributed by atoms with Crippen LogP contribution < -0.4 is 10.6 Å². The van der Waals surface area contributed by atoms with E-state index < -0.39 is 11.9 Å². The van der Waals surface area contributed by atoms with Crippen LogP contribution in [0.1, 0.15) is 59.8 Å². The molecule has 0 saturated heterocycles. The zero-order valence-corrected chi connectivity index (χ0v) is 18.9. The minimum absolute atomic E-state index is 0.0708. The number of rotatable bonds is 7. The van der Waals surface area contributed by atoms with E-state index in [2.05, 4.69) is 20.8 Å². The number of benzene rings is 2. The molecule has 0 aliphatic heterocycles. The van der Waals surface area contributed by atoms with Crippen molar-refractivity contribution in [2.24, 2.45) is 5.92 Å². The zero-order valence-electron chi connectivity index (χ0n) is 18.2. The van der Waals surface area contributed by atoms with Crippen molar-refractivity contribution in [3.63, 3.8) is 0 Å². The standard InChI is InChI=1S/C24H25ClN4O4/c1-14-2-11-19(25)20(12-14)27-24-29-28-23(33-24)22(32)26-18-9-7-17(8-10-18)16-5-3-15(4-6-16)13-21(30)31/h2,7-12,15-16H,3-6,13H2,1H3,(H,26,32)(H,27,29)(H,30,31)/t15-,16-. The lowest BCUT2D eigenvalue weighted by atomic mass is 9.77. The number of carboxylic acids is 1. The Morgan fingerprint density at radius 2 is 1.82 bits per heavy atom. The van der Waals surface area contributed by atoms with Crippen LogP contribution >= 0.6 is 11.6 Å². The third-order valence-electron chi connectivity index (χ3n) is 5.93. The van der Waals surface area contributed by atoms with Crippen LogP contribution in [0.4, 0.5) is 17.4 Å². The SMILES string of the molecule is Cc1ccc(Cl)c(Nc2nnc(C(=O)Nc3ccc([C@H]4CC[C@H](CC(=O)O)CC4)cc3)o2)c1. The van der Waals surface area contributed by atoms with Crippen molar-refractivity contribution in [1.29, 1.82) is 0 Å². The summed E-state index contributed by atoms with van der Waals surface area (Å²) in [5, 5.41) is 22.8. The summed E-state index contributed by atoms with van der Waals surface area (Å²) in [7, 11) is 0. The molecule has 33 heavy (non-hydrogen) atoms. The molecule has 172 valence electrons. The van der Waals surface area contributed by atoms with Crippen LogP contribution in [0.3, 0.4) is 0 Å². The van der Waals surface area contributed by atoms with Crippen LogP contribution in [0.2, 0.25) is 5.02 Å². The molecule has 1 aliphatic carbocycles. The van der Waals surface area contributed by atoms with Gasteiger partial charge >= 0.3 is 23.8 Å². The number of carboxylic acid groups (broad SMARTS) is 1. The van der Waals surface area contributed by atoms with Crippen molar-refractivity contribution in [2.45, 2.75) is 44.9 Å². The Morgan fingerprint density at radius 3 is 2.52 bits per heavy atom. The summed E-state index contributed by atoms with van der Waals surface area (Å²) in [4.78, 5) is 23.4. The van der Waals surface area contributed by atoms with Crippen molar-refractivity contribution >= 4 is 40.9 Å². The maximum atomic E-state index is 12.5. The number of nitrogens with zero attached hydrogens (tertiary/aromatic N) is 2. The second-order valence-electron chi connectivity index (χ2n) is 8.41. The van der Waals surface area contributed by atoms with Crippen molar-refractivity contribution in [2.75, 3.05) is 10.6 Å². The van der Waals surface area contributed by atoms with Crippen molar-refractivity contribution < 1.29 is 19.1 Å². The molecule has 3 aromatic rings. The fourth-order valence-electron chi connectivity index (χ4n) is 4.19. The minimum atomic E-state index is -0.721. The predicted octanol–water partition coefficient (Wildman–Crippen LogP) is 5.78. The van der Waals surface area contributed by atoms with Gasteiger partial charge < -0.3 is 20.2 Å². The Balaban J connectivity index is 1.33.